The van der Waals surface area contributed by atoms with Crippen molar-refractivity contribution in [2.45, 2.75) is 44.9 Å². The monoisotopic (exact) mass is 1290 g/mol. The summed E-state index contributed by atoms with van der Waals surface area (Å²) in [5.74, 6) is 1.90. The Morgan fingerprint density at radius 1 is 0.479 bits per heavy atom. The van der Waals surface area contributed by atoms with Gasteiger partial charge in [0, 0.05) is 65.9 Å². The number of pyridine rings is 2. The zero-order chi connectivity index (χ0) is 47.3. The number of unbranched alkanes of at least 4 members (excludes halogenated alkanes) is 4. The Morgan fingerprint density at radius 2 is 0.901 bits per heavy atom. The first kappa shape index (κ1) is 53.5. The Bertz CT molecular complexity index is 2640. The van der Waals surface area contributed by atoms with Gasteiger partial charge in [-0.05, 0) is 97.9 Å². The van der Waals surface area contributed by atoms with Crippen LogP contribution in [0, 0.1) is 25.5 Å². The van der Waals surface area contributed by atoms with Crippen molar-refractivity contribution in [1.82, 2.24) is 9.97 Å². The third-order valence-electron chi connectivity index (χ3n) is 11.3. The standard InChI is InChI=1S/C33H34N4.2C13H11N3.2Pt/c1(2-6-14-28-16-12-22-32(24-28)36-26-34-30-18-8-4-9-19-30)3-7-15-29-17-13-23-33(25-29)37-27-35-31-20-10-5-11-21-31;2*1-15-10-16(11-6-3-2-4-7-11)13-12(15)8-5-9-14-13;;/h4-5,8-13,16-27H,1-3,6-7,14-15H2;2*2-6,8-10H,1H3;;/q3*-2;;. The van der Waals surface area contributed by atoms with Gasteiger partial charge in [-0.25, -0.2) is 9.97 Å². The van der Waals surface area contributed by atoms with Gasteiger partial charge in [-0.1, -0.05) is 141 Å². The van der Waals surface area contributed by atoms with Gasteiger partial charge in [0.05, 0.1) is 0 Å². The number of hydrogen-bond donors (Lipinski definition) is 0. The zero-order valence-corrected chi connectivity index (χ0v) is 44.4. The van der Waals surface area contributed by atoms with Gasteiger partial charge in [0.25, 0.3) is 0 Å². The Hall–Kier alpha value is -6.86. The number of aryl methyl sites for hydroxylation is 2. The molecule has 0 saturated carbocycles. The first-order chi connectivity index (χ1) is 34.1. The summed E-state index contributed by atoms with van der Waals surface area (Å²) >= 11 is 0. The van der Waals surface area contributed by atoms with Crippen molar-refractivity contribution < 1.29 is 42.1 Å². The number of aromatic nitrogens is 2. The van der Waals surface area contributed by atoms with E-state index in [9.17, 15) is 0 Å². The van der Waals surface area contributed by atoms with E-state index in [1.54, 1.807) is 12.7 Å². The summed E-state index contributed by atoms with van der Waals surface area (Å²) < 4.78 is 0. The third-order valence-corrected chi connectivity index (χ3v) is 11.3. The van der Waals surface area contributed by atoms with Crippen molar-refractivity contribution in [3.05, 3.63) is 242 Å². The molecule has 71 heavy (non-hydrogen) atoms. The molecule has 0 atom stereocenters. The van der Waals surface area contributed by atoms with Crippen molar-refractivity contribution >= 4 is 69.8 Å². The van der Waals surface area contributed by atoms with E-state index >= 15 is 0 Å². The minimum absolute atomic E-state index is 0. The van der Waals surface area contributed by atoms with E-state index in [4.69, 9.17) is 0 Å². The van der Waals surface area contributed by atoms with E-state index < -0.39 is 0 Å². The molecular weight excluding hydrogens is 1240 g/mol. The molecule has 10 rings (SSSR count). The minimum Gasteiger partial charge on any atom is -0.502 e. The van der Waals surface area contributed by atoms with Crippen LogP contribution in [0.15, 0.2) is 204 Å². The first-order valence-electron chi connectivity index (χ1n) is 23.4. The van der Waals surface area contributed by atoms with Gasteiger partial charge >= 0.3 is 0 Å². The van der Waals surface area contributed by atoms with Gasteiger partial charge in [-0.15, -0.1) is 11.4 Å². The number of para-hydroxylation sites is 4. The molecule has 10 nitrogen and oxygen atoms in total. The number of aliphatic imine (C=N–C) groups is 2. The van der Waals surface area contributed by atoms with E-state index in [0.29, 0.717) is 0 Å². The summed E-state index contributed by atoms with van der Waals surface area (Å²) in [6.07, 6.45) is 15.2. The molecule has 0 radical (unpaired) electrons. The van der Waals surface area contributed by atoms with Crippen molar-refractivity contribution in [3.8, 4) is 0 Å². The number of anilines is 6. The summed E-state index contributed by atoms with van der Waals surface area (Å²) in [5, 5.41) is 8.98. The molecule has 6 aromatic carbocycles. The third kappa shape index (κ3) is 16.1. The molecule has 2 aliphatic heterocycles. The van der Waals surface area contributed by atoms with Crippen LogP contribution >= 0.6 is 0 Å². The molecule has 368 valence electrons. The van der Waals surface area contributed by atoms with Gasteiger partial charge in [0.15, 0.2) is 0 Å². The fourth-order valence-electron chi connectivity index (χ4n) is 7.82. The second-order valence-corrected chi connectivity index (χ2v) is 16.4. The SMILES string of the molecule is C(=Nc1ccccc1)[N-]c1cccc(CCCCCCCc2cccc([N-]C=Nc3ccccc3)c2)c1.CN1[CH-]N(c2[c-]cccc2)c2ncccc21.CN1[CH-]N(c2[c-]cccc2)c2ncccc21.[Pt].[Pt]. The fraction of sp³-hybridized carbons (Fsp3) is 0.153. The molecular formula is C59H56N10Pt2-6. The van der Waals surface area contributed by atoms with Crippen LogP contribution in [-0.4, -0.2) is 36.7 Å². The van der Waals surface area contributed by atoms with Crippen LogP contribution in [0.1, 0.15) is 43.2 Å². The second-order valence-electron chi connectivity index (χ2n) is 16.4. The summed E-state index contributed by atoms with van der Waals surface area (Å²) in [6.45, 7) is 4.03. The number of nitrogens with zero attached hydrogens (tertiary/aromatic N) is 10. The fourth-order valence-corrected chi connectivity index (χ4v) is 7.82. The topological polar surface area (TPSA) is 91.7 Å². The van der Waals surface area contributed by atoms with Crippen LogP contribution in [0.3, 0.4) is 0 Å². The summed E-state index contributed by atoms with van der Waals surface area (Å²) in [5.41, 5.74) is 10.7. The van der Waals surface area contributed by atoms with Crippen LogP contribution in [0.5, 0.6) is 0 Å². The number of rotatable bonds is 16. The van der Waals surface area contributed by atoms with Gasteiger partial charge in [-0.2, -0.15) is 74.0 Å². The van der Waals surface area contributed by atoms with Crippen molar-refractivity contribution in [2.24, 2.45) is 9.98 Å². The Labute approximate surface area is 449 Å². The molecule has 4 heterocycles. The average Bonchev–Trinajstić information content (AvgIpc) is 3.93. The minimum atomic E-state index is 0. The van der Waals surface area contributed by atoms with Gasteiger partial charge < -0.3 is 40.2 Å². The normalized spacial score (nSPS) is 12.2. The zero-order valence-electron chi connectivity index (χ0n) is 39.8. The Balaban J connectivity index is 0.000000199. The first-order valence-corrected chi connectivity index (χ1v) is 23.4. The maximum atomic E-state index is 4.49. The van der Waals surface area contributed by atoms with Gasteiger partial charge in [0.2, 0.25) is 0 Å². The quantitative estimate of drug-likeness (QED) is 0.0414. The molecule has 0 aliphatic carbocycles. The molecule has 12 heteroatoms. The van der Waals surface area contributed by atoms with Crippen molar-refractivity contribution in [3.63, 3.8) is 0 Å². The van der Waals surface area contributed by atoms with Gasteiger partial charge in [0.1, 0.15) is 11.6 Å². The molecule has 2 aromatic heterocycles. The largest absolute Gasteiger partial charge is 0.502 e. The molecule has 0 spiro atoms. The van der Waals surface area contributed by atoms with E-state index in [1.807, 2.05) is 183 Å². The molecule has 0 bridgehead atoms. The molecule has 0 saturated heterocycles. The molecule has 0 N–H and O–H groups in total. The van der Waals surface area contributed by atoms with Crippen molar-refractivity contribution in [2.75, 3.05) is 33.7 Å². The smallest absolute Gasteiger partial charge is 0.124 e. The predicted molar refractivity (Wildman–Crippen MR) is 287 cm³/mol. The van der Waals surface area contributed by atoms with Crippen LogP contribution in [0.4, 0.5) is 57.1 Å². The van der Waals surface area contributed by atoms with E-state index in [-0.39, 0.29) is 42.1 Å². The molecule has 0 unspecified atom stereocenters. The van der Waals surface area contributed by atoms with Crippen LogP contribution in [0.2, 0.25) is 0 Å². The van der Waals surface area contributed by atoms with Crippen LogP contribution in [0.25, 0.3) is 10.6 Å². The van der Waals surface area contributed by atoms with E-state index in [1.165, 1.54) is 43.2 Å². The number of hydrogen-bond acceptors (Lipinski definition) is 8. The van der Waals surface area contributed by atoms with Crippen LogP contribution < -0.4 is 19.6 Å². The molecule has 8 aromatic rings. The average molecular weight is 1300 g/mol. The Morgan fingerprint density at radius 3 is 1.32 bits per heavy atom. The molecule has 0 amide bonds. The van der Waals surface area contributed by atoms with Crippen LogP contribution in [-0.2, 0) is 55.0 Å². The van der Waals surface area contributed by atoms with E-state index in [2.05, 4.69) is 101 Å². The number of benzene rings is 6. The predicted octanol–water partition coefficient (Wildman–Crippen LogP) is 15.3. The Kier molecular flexibility index (Phi) is 21.6. The molecule has 2 aliphatic rings. The second kappa shape index (κ2) is 28.7. The van der Waals surface area contributed by atoms with Gasteiger partial charge in [-0.3, -0.25) is 0 Å². The summed E-state index contributed by atoms with van der Waals surface area (Å²) in [7, 11) is 4.03. The van der Waals surface area contributed by atoms with E-state index in [0.717, 1.165) is 70.0 Å². The molecule has 0 fully saturated rings. The number of fused-ring (bicyclic) bond motifs is 2. The maximum Gasteiger partial charge on any atom is 0.124 e. The summed E-state index contributed by atoms with van der Waals surface area (Å²) in [6, 6.07) is 66.9. The van der Waals surface area contributed by atoms with Crippen molar-refractivity contribution in [1.29, 1.82) is 0 Å². The maximum absolute atomic E-state index is 4.49. The summed E-state index contributed by atoms with van der Waals surface area (Å²) in [4.78, 5) is 25.8.